The van der Waals surface area contributed by atoms with Crippen LogP contribution in [0.25, 0.3) is 0 Å². The summed E-state index contributed by atoms with van der Waals surface area (Å²) < 4.78 is 18.3. The van der Waals surface area contributed by atoms with Gasteiger partial charge in [-0.1, -0.05) is 11.6 Å². The predicted molar refractivity (Wildman–Crippen MR) is 80.3 cm³/mol. The van der Waals surface area contributed by atoms with Crippen LogP contribution in [0.2, 0.25) is 5.02 Å². The van der Waals surface area contributed by atoms with Gasteiger partial charge in [0.05, 0.1) is 18.2 Å². The van der Waals surface area contributed by atoms with Crippen LogP contribution in [0.3, 0.4) is 0 Å². The lowest BCUT2D eigenvalue weighted by molar-refractivity contribution is 0.281. The van der Waals surface area contributed by atoms with Crippen molar-refractivity contribution in [1.29, 1.82) is 0 Å². The van der Waals surface area contributed by atoms with Gasteiger partial charge in [-0.3, -0.25) is 0 Å². The van der Waals surface area contributed by atoms with E-state index < -0.39 is 0 Å². The third-order valence-electron chi connectivity index (χ3n) is 2.93. The van der Waals surface area contributed by atoms with Gasteiger partial charge in [-0.2, -0.15) is 0 Å². The second kappa shape index (κ2) is 7.24. The van der Waals surface area contributed by atoms with E-state index in [1.54, 1.807) is 24.4 Å². The number of hydrogen-bond acceptors (Lipinski definition) is 4. The second-order valence-corrected chi connectivity index (χ2v) is 4.94. The molecule has 2 aromatic rings. The maximum atomic E-state index is 12.8. The van der Waals surface area contributed by atoms with Gasteiger partial charge in [0.1, 0.15) is 24.0 Å². The van der Waals surface area contributed by atoms with Gasteiger partial charge in [-0.05, 0) is 35.9 Å². The second-order valence-electron chi connectivity index (χ2n) is 4.53. The monoisotopic (exact) mass is 310 g/mol. The number of nitrogens with zero attached hydrogens (tertiary/aromatic N) is 2. The molecular formula is C15H16ClFN2O2. The van der Waals surface area contributed by atoms with Crippen molar-refractivity contribution in [3.05, 3.63) is 52.9 Å². The molecule has 1 heterocycles. The van der Waals surface area contributed by atoms with E-state index >= 15 is 0 Å². The summed E-state index contributed by atoms with van der Waals surface area (Å²) in [7, 11) is 1.85. The van der Waals surface area contributed by atoms with Crippen LogP contribution in [0.4, 0.5) is 10.2 Å². The molecule has 4 nitrogen and oxygen atoms in total. The summed E-state index contributed by atoms with van der Waals surface area (Å²) in [5.41, 5.74) is 0.666. The van der Waals surface area contributed by atoms with E-state index in [4.69, 9.17) is 21.4 Å². The SMILES string of the molecule is CN(CCOc1ccc(F)cc1)c1ncc(CO)cc1Cl. The Morgan fingerprint density at radius 2 is 2.05 bits per heavy atom. The molecule has 0 fully saturated rings. The normalized spacial score (nSPS) is 10.5. The molecule has 0 spiro atoms. The highest BCUT2D eigenvalue weighted by molar-refractivity contribution is 6.33. The minimum atomic E-state index is -0.292. The van der Waals surface area contributed by atoms with Crippen LogP contribution in [-0.4, -0.2) is 30.3 Å². The number of aliphatic hydroxyl groups is 1. The lowest BCUT2D eigenvalue weighted by atomic mass is 10.3. The van der Waals surface area contributed by atoms with Crippen LogP contribution in [0.5, 0.6) is 5.75 Å². The number of ether oxygens (including phenoxy) is 1. The number of pyridine rings is 1. The number of aliphatic hydroxyl groups excluding tert-OH is 1. The summed E-state index contributed by atoms with van der Waals surface area (Å²) >= 11 is 6.12. The number of likely N-dealkylation sites (N-methyl/N-ethyl adjacent to an activating group) is 1. The van der Waals surface area contributed by atoms with Gasteiger partial charge < -0.3 is 14.7 Å². The van der Waals surface area contributed by atoms with Crippen molar-refractivity contribution in [2.45, 2.75) is 6.61 Å². The number of hydrogen-bond donors (Lipinski definition) is 1. The summed E-state index contributed by atoms with van der Waals surface area (Å²) in [6.07, 6.45) is 1.58. The molecule has 1 aromatic carbocycles. The van der Waals surface area contributed by atoms with Crippen molar-refractivity contribution in [2.75, 3.05) is 25.1 Å². The quantitative estimate of drug-likeness (QED) is 0.891. The minimum Gasteiger partial charge on any atom is -0.492 e. The lowest BCUT2D eigenvalue weighted by Gasteiger charge is -2.19. The molecule has 0 aliphatic heterocycles. The maximum absolute atomic E-state index is 12.8. The molecule has 1 N–H and O–H groups in total. The molecule has 0 aliphatic rings. The largest absolute Gasteiger partial charge is 0.492 e. The van der Waals surface area contributed by atoms with Crippen molar-refractivity contribution in [3.63, 3.8) is 0 Å². The first-order valence-electron chi connectivity index (χ1n) is 6.45. The fourth-order valence-corrected chi connectivity index (χ4v) is 2.11. The molecule has 2 rings (SSSR count). The van der Waals surface area contributed by atoms with Crippen molar-refractivity contribution in [3.8, 4) is 5.75 Å². The van der Waals surface area contributed by atoms with Crippen molar-refractivity contribution in [2.24, 2.45) is 0 Å². The van der Waals surface area contributed by atoms with Crippen molar-refractivity contribution in [1.82, 2.24) is 4.98 Å². The Morgan fingerprint density at radius 3 is 2.67 bits per heavy atom. The Kier molecular flexibility index (Phi) is 5.36. The van der Waals surface area contributed by atoms with Gasteiger partial charge in [-0.15, -0.1) is 0 Å². The van der Waals surface area contributed by atoms with E-state index in [0.29, 0.717) is 35.3 Å². The molecule has 112 valence electrons. The zero-order valence-corrected chi connectivity index (χ0v) is 12.3. The molecule has 0 saturated carbocycles. The molecule has 1 aromatic heterocycles. The van der Waals surface area contributed by atoms with Crippen LogP contribution in [0.15, 0.2) is 36.5 Å². The molecular weight excluding hydrogens is 295 g/mol. The van der Waals surface area contributed by atoms with Gasteiger partial charge in [0.15, 0.2) is 0 Å². The highest BCUT2D eigenvalue weighted by Crippen LogP contribution is 2.23. The molecule has 0 unspecified atom stereocenters. The first kappa shape index (κ1) is 15.5. The van der Waals surface area contributed by atoms with Gasteiger partial charge in [0, 0.05) is 13.2 Å². The summed E-state index contributed by atoms with van der Waals surface area (Å²) in [4.78, 5) is 6.07. The van der Waals surface area contributed by atoms with E-state index in [1.807, 2.05) is 11.9 Å². The number of rotatable bonds is 6. The smallest absolute Gasteiger partial charge is 0.147 e. The van der Waals surface area contributed by atoms with Crippen LogP contribution in [0, 0.1) is 5.82 Å². The predicted octanol–water partition coefficient (Wildman–Crippen LogP) is 2.88. The van der Waals surface area contributed by atoms with Crippen molar-refractivity contribution >= 4 is 17.4 Å². The first-order chi connectivity index (χ1) is 10.1. The molecule has 0 atom stereocenters. The van der Waals surface area contributed by atoms with Crippen LogP contribution < -0.4 is 9.64 Å². The van der Waals surface area contributed by atoms with E-state index in [2.05, 4.69) is 4.98 Å². The summed E-state index contributed by atoms with van der Waals surface area (Å²) in [5.74, 6) is 0.940. The highest BCUT2D eigenvalue weighted by atomic mass is 35.5. The Labute approximate surface area is 127 Å². The Balaban J connectivity index is 1.89. The van der Waals surface area contributed by atoms with Crippen LogP contribution in [-0.2, 0) is 6.61 Å². The minimum absolute atomic E-state index is 0.0929. The van der Waals surface area contributed by atoms with Crippen LogP contribution >= 0.6 is 11.6 Å². The Hall–Kier alpha value is -1.85. The molecule has 6 heteroatoms. The molecule has 0 bridgehead atoms. The third-order valence-corrected chi connectivity index (χ3v) is 3.21. The van der Waals surface area contributed by atoms with Gasteiger partial charge in [0.2, 0.25) is 0 Å². The number of aromatic nitrogens is 1. The summed E-state index contributed by atoms with van der Waals surface area (Å²) in [6.45, 7) is 0.898. The molecule has 0 saturated heterocycles. The van der Waals surface area contributed by atoms with Gasteiger partial charge >= 0.3 is 0 Å². The van der Waals surface area contributed by atoms with Crippen molar-refractivity contribution < 1.29 is 14.2 Å². The van der Waals surface area contributed by atoms with Gasteiger partial charge in [0.25, 0.3) is 0 Å². The fourth-order valence-electron chi connectivity index (χ4n) is 1.77. The number of anilines is 1. The number of benzene rings is 1. The number of halogens is 2. The Bertz CT molecular complexity index is 593. The molecule has 0 radical (unpaired) electrons. The molecule has 0 aliphatic carbocycles. The lowest BCUT2D eigenvalue weighted by Crippen LogP contribution is -2.25. The third kappa shape index (κ3) is 4.31. The highest BCUT2D eigenvalue weighted by Gasteiger charge is 2.08. The average Bonchev–Trinajstić information content (AvgIpc) is 2.49. The zero-order valence-electron chi connectivity index (χ0n) is 11.6. The van der Waals surface area contributed by atoms with E-state index in [9.17, 15) is 4.39 Å². The fraction of sp³-hybridized carbons (Fsp3) is 0.267. The van der Waals surface area contributed by atoms with E-state index in [0.717, 1.165) is 0 Å². The Morgan fingerprint density at radius 1 is 1.33 bits per heavy atom. The summed E-state index contributed by atoms with van der Waals surface area (Å²) in [5, 5.41) is 9.50. The van der Waals surface area contributed by atoms with Crippen LogP contribution in [0.1, 0.15) is 5.56 Å². The van der Waals surface area contributed by atoms with E-state index in [1.165, 1.54) is 12.1 Å². The topological polar surface area (TPSA) is 45.6 Å². The van der Waals surface area contributed by atoms with Gasteiger partial charge in [-0.25, -0.2) is 9.37 Å². The molecule has 21 heavy (non-hydrogen) atoms. The first-order valence-corrected chi connectivity index (χ1v) is 6.82. The maximum Gasteiger partial charge on any atom is 0.147 e. The standard InChI is InChI=1S/C15H16ClFN2O2/c1-19(15-14(16)8-11(10-20)9-18-15)6-7-21-13-4-2-12(17)3-5-13/h2-5,8-9,20H,6-7,10H2,1H3. The molecule has 0 amide bonds. The zero-order chi connectivity index (χ0) is 15.2. The van der Waals surface area contributed by atoms with E-state index in [-0.39, 0.29) is 12.4 Å². The summed E-state index contributed by atoms with van der Waals surface area (Å²) in [6, 6.07) is 7.55. The average molecular weight is 311 g/mol.